The first kappa shape index (κ1) is 23.2. The predicted molar refractivity (Wildman–Crippen MR) is 125 cm³/mol. The molecule has 1 aliphatic heterocycles. The van der Waals surface area contributed by atoms with E-state index in [1.54, 1.807) is 12.1 Å². The number of hydrogen-bond acceptors (Lipinski definition) is 5. The van der Waals surface area contributed by atoms with E-state index < -0.39 is 10.0 Å². The van der Waals surface area contributed by atoms with Crippen molar-refractivity contribution in [2.75, 3.05) is 50.0 Å². The van der Waals surface area contributed by atoms with Crippen molar-refractivity contribution in [3.8, 4) is 0 Å². The second kappa shape index (κ2) is 10.7. The summed E-state index contributed by atoms with van der Waals surface area (Å²) in [4.78, 5) is 16.5. The molecule has 2 N–H and O–H groups in total. The first-order valence-electron chi connectivity index (χ1n) is 10.8. The summed E-state index contributed by atoms with van der Waals surface area (Å²) < 4.78 is 27.7. The maximum absolute atomic E-state index is 12.5. The van der Waals surface area contributed by atoms with Gasteiger partial charge in [0, 0.05) is 50.5 Å². The van der Waals surface area contributed by atoms with Crippen molar-refractivity contribution >= 4 is 27.3 Å². The van der Waals surface area contributed by atoms with Crippen LogP contribution in [0.25, 0.3) is 0 Å². The largest absolute Gasteiger partial charge is 0.369 e. The zero-order valence-corrected chi connectivity index (χ0v) is 19.1. The number of likely N-dealkylation sites (N-methyl/N-ethyl adjacent to an activating group) is 1. The number of rotatable bonds is 9. The average molecular weight is 445 g/mol. The Hall–Kier alpha value is -2.42. The van der Waals surface area contributed by atoms with Crippen LogP contribution in [0.3, 0.4) is 0 Å². The minimum absolute atomic E-state index is 0.0742. The van der Waals surface area contributed by atoms with Crippen LogP contribution >= 0.6 is 0 Å². The fourth-order valence-corrected chi connectivity index (χ4v) is 4.55. The molecule has 1 amide bonds. The molecule has 8 heteroatoms. The molecule has 1 saturated heterocycles. The van der Waals surface area contributed by atoms with Crippen LogP contribution in [0.5, 0.6) is 0 Å². The van der Waals surface area contributed by atoms with E-state index in [2.05, 4.69) is 51.2 Å². The summed E-state index contributed by atoms with van der Waals surface area (Å²) in [6.07, 6.45) is 1.83. The summed E-state index contributed by atoms with van der Waals surface area (Å²) in [5, 5.41) is 2.76. The molecule has 0 aliphatic carbocycles. The average Bonchev–Trinajstić information content (AvgIpc) is 2.75. The molecule has 3 rings (SSSR count). The third-order valence-electron chi connectivity index (χ3n) is 5.44. The first-order valence-corrected chi connectivity index (χ1v) is 12.3. The molecule has 0 saturated carbocycles. The van der Waals surface area contributed by atoms with Gasteiger partial charge in [-0.2, -0.15) is 0 Å². The van der Waals surface area contributed by atoms with Crippen LogP contribution in [0.4, 0.5) is 11.4 Å². The quantitative estimate of drug-likeness (QED) is 0.622. The number of anilines is 2. The van der Waals surface area contributed by atoms with E-state index in [4.69, 9.17) is 0 Å². The Morgan fingerprint density at radius 1 is 0.968 bits per heavy atom. The number of sulfonamides is 1. The zero-order chi connectivity index (χ0) is 22.3. The lowest BCUT2D eigenvalue weighted by molar-refractivity contribution is -0.116. The van der Waals surface area contributed by atoms with E-state index in [1.165, 1.54) is 17.8 Å². The molecule has 31 heavy (non-hydrogen) atoms. The highest BCUT2D eigenvalue weighted by Crippen LogP contribution is 2.18. The molecule has 0 atom stereocenters. The predicted octanol–water partition coefficient (Wildman–Crippen LogP) is 2.70. The molecule has 0 spiro atoms. The Morgan fingerprint density at radius 2 is 1.61 bits per heavy atom. The number of carbonyl (C=O) groups excluding carboxylic acids is 1. The van der Waals surface area contributed by atoms with Crippen LogP contribution in [-0.4, -0.2) is 59.0 Å². The number of amides is 1. The third kappa shape index (κ3) is 6.78. The molecule has 0 aromatic heterocycles. The Labute approximate surface area is 185 Å². The molecule has 168 valence electrons. The Morgan fingerprint density at radius 3 is 2.23 bits per heavy atom. The molecule has 7 nitrogen and oxygen atoms in total. The molecule has 0 bridgehead atoms. The molecule has 1 aliphatic rings. The number of benzene rings is 2. The summed E-state index contributed by atoms with van der Waals surface area (Å²) >= 11 is 0. The summed E-state index contributed by atoms with van der Waals surface area (Å²) in [7, 11) is -1.45. The van der Waals surface area contributed by atoms with Gasteiger partial charge in [-0.3, -0.25) is 4.79 Å². The van der Waals surface area contributed by atoms with Crippen molar-refractivity contribution in [3.05, 3.63) is 54.1 Å². The van der Waals surface area contributed by atoms with Gasteiger partial charge >= 0.3 is 0 Å². The lowest BCUT2D eigenvalue weighted by Gasteiger charge is -2.34. The van der Waals surface area contributed by atoms with E-state index in [0.29, 0.717) is 25.1 Å². The molecule has 0 unspecified atom stereocenters. The topological polar surface area (TPSA) is 81.7 Å². The minimum Gasteiger partial charge on any atom is -0.369 e. The Bertz CT molecular complexity index is 951. The van der Waals surface area contributed by atoms with E-state index in [0.717, 1.165) is 38.2 Å². The van der Waals surface area contributed by atoms with Crippen molar-refractivity contribution in [1.29, 1.82) is 0 Å². The molecule has 0 radical (unpaired) electrons. The number of piperazine rings is 1. The molecular formula is C23H32N4O3S. The Kier molecular flexibility index (Phi) is 8.06. The van der Waals surface area contributed by atoms with Gasteiger partial charge in [0.2, 0.25) is 15.9 Å². The third-order valence-corrected chi connectivity index (χ3v) is 6.91. The summed E-state index contributed by atoms with van der Waals surface area (Å²) in [5.41, 5.74) is 2.90. The van der Waals surface area contributed by atoms with Crippen LogP contribution in [0.2, 0.25) is 0 Å². The van der Waals surface area contributed by atoms with Gasteiger partial charge in [0.15, 0.2) is 0 Å². The number of nitrogens with one attached hydrogen (secondary N) is 2. The zero-order valence-electron chi connectivity index (χ0n) is 18.3. The first-order chi connectivity index (χ1) is 14.9. The maximum atomic E-state index is 12.5. The number of nitrogens with zero attached hydrogens (tertiary/aromatic N) is 2. The summed E-state index contributed by atoms with van der Waals surface area (Å²) in [6, 6.07) is 14.6. The van der Waals surface area contributed by atoms with Crippen LogP contribution in [0.15, 0.2) is 53.4 Å². The van der Waals surface area contributed by atoms with Gasteiger partial charge in [-0.05, 0) is 61.9 Å². The van der Waals surface area contributed by atoms with Crippen molar-refractivity contribution in [1.82, 2.24) is 9.62 Å². The van der Waals surface area contributed by atoms with E-state index in [1.807, 2.05) is 6.92 Å². The molecule has 1 heterocycles. The SMILES string of the molecule is CCCC(=O)Nc1ccc(S(=O)(=O)NCCc2ccc(N3CCN(C)CC3)cc2)cc1. The van der Waals surface area contributed by atoms with Gasteiger partial charge in [-0.15, -0.1) is 0 Å². The monoisotopic (exact) mass is 444 g/mol. The van der Waals surface area contributed by atoms with Gasteiger partial charge < -0.3 is 15.1 Å². The minimum atomic E-state index is -3.59. The Balaban J connectivity index is 1.49. The van der Waals surface area contributed by atoms with Crippen LogP contribution in [-0.2, 0) is 21.2 Å². The van der Waals surface area contributed by atoms with E-state index in [-0.39, 0.29) is 10.8 Å². The van der Waals surface area contributed by atoms with Gasteiger partial charge in [0.1, 0.15) is 0 Å². The highest BCUT2D eigenvalue weighted by atomic mass is 32.2. The van der Waals surface area contributed by atoms with Gasteiger partial charge in [0.25, 0.3) is 0 Å². The highest BCUT2D eigenvalue weighted by Gasteiger charge is 2.15. The molecule has 2 aromatic rings. The number of hydrogen-bond donors (Lipinski definition) is 2. The second-order valence-corrected chi connectivity index (χ2v) is 9.69. The van der Waals surface area contributed by atoms with Gasteiger partial charge in [0.05, 0.1) is 4.90 Å². The van der Waals surface area contributed by atoms with E-state index >= 15 is 0 Å². The summed E-state index contributed by atoms with van der Waals surface area (Å²) in [6.45, 7) is 6.44. The van der Waals surface area contributed by atoms with Crippen molar-refractivity contribution in [3.63, 3.8) is 0 Å². The van der Waals surface area contributed by atoms with Crippen molar-refractivity contribution < 1.29 is 13.2 Å². The van der Waals surface area contributed by atoms with Gasteiger partial charge in [-0.25, -0.2) is 13.1 Å². The molecule has 2 aromatic carbocycles. The number of carbonyl (C=O) groups is 1. The van der Waals surface area contributed by atoms with Crippen LogP contribution < -0.4 is 14.9 Å². The summed E-state index contributed by atoms with van der Waals surface area (Å²) in [5.74, 6) is -0.0742. The maximum Gasteiger partial charge on any atom is 0.240 e. The smallest absolute Gasteiger partial charge is 0.240 e. The highest BCUT2D eigenvalue weighted by molar-refractivity contribution is 7.89. The fourth-order valence-electron chi connectivity index (χ4n) is 3.52. The fraction of sp³-hybridized carbons (Fsp3) is 0.435. The second-order valence-electron chi connectivity index (χ2n) is 7.93. The van der Waals surface area contributed by atoms with Crippen LogP contribution in [0.1, 0.15) is 25.3 Å². The van der Waals surface area contributed by atoms with Crippen molar-refractivity contribution in [2.45, 2.75) is 31.1 Å². The van der Waals surface area contributed by atoms with Crippen LogP contribution in [0, 0.1) is 0 Å². The van der Waals surface area contributed by atoms with Crippen molar-refractivity contribution in [2.24, 2.45) is 0 Å². The van der Waals surface area contributed by atoms with E-state index in [9.17, 15) is 13.2 Å². The lowest BCUT2D eigenvalue weighted by atomic mass is 10.1. The lowest BCUT2D eigenvalue weighted by Crippen LogP contribution is -2.44. The normalized spacial score (nSPS) is 15.1. The molecular weight excluding hydrogens is 412 g/mol. The standard InChI is InChI=1S/C23H32N4O3S/c1-3-4-23(28)25-20-7-11-22(12-8-20)31(29,30)24-14-13-19-5-9-21(10-6-19)27-17-15-26(2)16-18-27/h5-12,24H,3-4,13-18H2,1-2H3,(H,25,28). The molecule has 1 fully saturated rings. The van der Waals surface area contributed by atoms with Gasteiger partial charge in [-0.1, -0.05) is 19.1 Å².